The fourth-order valence-electron chi connectivity index (χ4n) is 2.82. The van der Waals surface area contributed by atoms with E-state index in [1.165, 1.54) is 51.5 Å². The van der Waals surface area contributed by atoms with Crippen LogP contribution in [0, 0.1) is 5.92 Å². The quantitative estimate of drug-likeness (QED) is 0.650. The molecular formula is C13H27N. The van der Waals surface area contributed by atoms with E-state index in [-0.39, 0.29) is 0 Å². The lowest BCUT2D eigenvalue weighted by atomic mass is 9.83. The Kier molecular flexibility index (Phi) is 5.54. The molecule has 0 atom stereocenters. The molecule has 1 saturated carbocycles. The molecule has 0 saturated heterocycles. The lowest BCUT2D eigenvalue weighted by Gasteiger charge is -2.34. The van der Waals surface area contributed by atoms with Gasteiger partial charge in [0.1, 0.15) is 0 Å². The monoisotopic (exact) mass is 197 g/mol. The Labute approximate surface area is 89.9 Å². The fourth-order valence-corrected chi connectivity index (χ4v) is 2.82. The van der Waals surface area contributed by atoms with Crippen LogP contribution in [0.3, 0.4) is 0 Å². The van der Waals surface area contributed by atoms with Gasteiger partial charge in [0, 0.05) is 6.04 Å². The van der Waals surface area contributed by atoms with E-state index in [1.54, 1.807) is 0 Å². The van der Waals surface area contributed by atoms with Gasteiger partial charge in [0.25, 0.3) is 0 Å². The van der Waals surface area contributed by atoms with E-state index in [4.69, 9.17) is 0 Å². The standard InChI is InChI=1S/C13H27N/c1-4-6-12-7-9-13(10-8-12)14(3)11-5-2/h12-13H,4-11H2,1-3H3. The second kappa shape index (κ2) is 6.44. The number of hydrogen-bond donors (Lipinski definition) is 0. The van der Waals surface area contributed by atoms with Crippen molar-refractivity contribution in [3.8, 4) is 0 Å². The van der Waals surface area contributed by atoms with Gasteiger partial charge in [0.15, 0.2) is 0 Å². The van der Waals surface area contributed by atoms with Gasteiger partial charge in [0.2, 0.25) is 0 Å². The Hall–Kier alpha value is -0.0400. The highest BCUT2D eigenvalue weighted by Crippen LogP contribution is 2.29. The molecule has 0 radical (unpaired) electrons. The summed E-state index contributed by atoms with van der Waals surface area (Å²) >= 11 is 0. The zero-order chi connectivity index (χ0) is 10.4. The van der Waals surface area contributed by atoms with Crippen LogP contribution in [0.1, 0.15) is 58.8 Å². The van der Waals surface area contributed by atoms with E-state index in [1.807, 2.05) is 0 Å². The van der Waals surface area contributed by atoms with Crippen LogP contribution in [0.2, 0.25) is 0 Å². The smallest absolute Gasteiger partial charge is 0.00924 e. The third kappa shape index (κ3) is 3.61. The van der Waals surface area contributed by atoms with Crippen LogP contribution in [0.5, 0.6) is 0 Å². The topological polar surface area (TPSA) is 3.24 Å². The Balaban J connectivity index is 2.21. The van der Waals surface area contributed by atoms with Crippen LogP contribution >= 0.6 is 0 Å². The Bertz CT molecular complexity index is 136. The molecule has 1 nitrogen and oxygen atoms in total. The minimum absolute atomic E-state index is 0.892. The first-order valence-corrected chi connectivity index (χ1v) is 6.48. The summed E-state index contributed by atoms with van der Waals surface area (Å²) in [6.45, 7) is 5.87. The van der Waals surface area contributed by atoms with E-state index >= 15 is 0 Å². The van der Waals surface area contributed by atoms with Crippen molar-refractivity contribution in [1.82, 2.24) is 4.90 Å². The molecule has 0 aromatic carbocycles. The molecule has 0 aromatic heterocycles. The van der Waals surface area contributed by atoms with Crippen LogP contribution in [-0.4, -0.2) is 24.5 Å². The predicted molar refractivity (Wildman–Crippen MR) is 63.6 cm³/mol. The summed E-state index contributed by atoms with van der Waals surface area (Å²) < 4.78 is 0. The first kappa shape index (κ1) is 12.0. The summed E-state index contributed by atoms with van der Waals surface area (Å²) in [7, 11) is 2.30. The molecule has 1 fully saturated rings. The van der Waals surface area contributed by atoms with Crippen molar-refractivity contribution >= 4 is 0 Å². The lowest BCUT2D eigenvalue weighted by molar-refractivity contribution is 0.162. The maximum Gasteiger partial charge on any atom is 0.00924 e. The van der Waals surface area contributed by atoms with Crippen molar-refractivity contribution in [2.24, 2.45) is 5.92 Å². The summed E-state index contributed by atoms with van der Waals surface area (Å²) in [5, 5.41) is 0. The first-order chi connectivity index (χ1) is 6.77. The van der Waals surface area contributed by atoms with Gasteiger partial charge < -0.3 is 4.90 Å². The van der Waals surface area contributed by atoms with Crippen molar-refractivity contribution in [2.75, 3.05) is 13.6 Å². The summed E-state index contributed by atoms with van der Waals surface area (Å²) in [6, 6.07) is 0.892. The highest BCUT2D eigenvalue weighted by molar-refractivity contribution is 4.77. The lowest BCUT2D eigenvalue weighted by Crippen LogP contribution is -2.35. The van der Waals surface area contributed by atoms with E-state index in [0.29, 0.717) is 0 Å². The van der Waals surface area contributed by atoms with Crippen molar-refractivity contribution in [2.45, 2.75) is 64.8 Å². The summed E-state index contributed by atoms with van der Waals surface area (Å²) in [6.07, 6.45) is 9.98. The largest absolute Gasteiger partial charge is 0.303 e. The maximum atomic E-state index is 2.57. The fraction of sp³-hybridized carbons (Fsp3) is 1.00. The minimum atomic E-state index is 0.892. The SMILES string of the molecule is CCCC1CCC(N(C)CCC)CC1. The normalized spacial score (nSPS) is 28.3. The predicted octanol–water partition coefficient (Wildman–Crippen LogP) is 3.69. The van der Waals surface area contributed by atoms with Crippen LogP contribution in [0.15, 0.2) is 0 Å². The van der Waals surface area contributed by atoms with Crippen molar-refractivity contribution in [3.63, 3.8) is 0 Å². The molecule has 1 aliphatic carbocycles. The molecule has 0 N–H and O–H groups in total. The number of hydrogen-bond acceptors (Lipinski definition) is 1. The Morgan fingerprint density at radius 3 is 2.14 bits per heavy atom. The highest BCUT2D eigenvalue weighted by Gasteiger charge is 2.22. The van der Waals surface area contributed by atoms with Crippen LogP contribution in [0.25, 0.3) is 0 Å². The van der Waals surface area contributed by atoms with E-state index in [0.717, 1.165) is 12.0 Å². The molecule has 1 aliphatic rings. The third-order valence-electron chi connectivity index (χ3n) is 3.71. The molecular weight excluding hydrogens is 170 g/mol. The molecule has 0 aliphatic heterocycles. The summed E-state index contributed by atoms with van der Waals surface area (Å²) in [5.74, 6) is 1.05. The molecule has 84 valence electrons. The zero-order valence-corrected chi connectivity index (χ0v) is 10.3. The molecule has 0 unspecified atom stereocenters. The van der Waals surface area contributed by atoms with Gasteiger partial charge in [-0.1, -0.05) is 26.7 Å². The van der Waals surface area contributed by atoms with Gasteiger partial charge in [-0.2, -0.15) is 0 Å². The number of nitrogens with zero attached hydrogens (tertiary/aromatic N) is 1. The average molecular weight is 197 g/mol. The van der Waals surface area contributed by atoms with Crippen molar-refractivity contribution in [1.29, 1.82) is 0 Å². The summed E-state index contributed by atoms with van der Waals surface area (Å²) in [4.78, 5) is 2.57. The van der Waals surface area contributed by atoms with Crippen molar-refractivity contribution < 1.29 is 0 Å². The molecule has 0 bridgehead atoms. The van der Waals surface area contributed by atoms with Crippen LogP contribution in [0.4, 0.5) is 0 Å². The average Bonchev–Trinajstić information content (AvgIpc) is 2.20. The molecule has 1 rings (SSSR count). The zero-order valence-electron chi connectivity index (χ0n) is 10.3. The van der Waals surface area contributed by atoms with Gasteiger partial charge in [-0.05, 0) is 51.6 Å². The van der Waals surface area contributed by atoms with Crippen LogP contribution in [-0.2, 0) is 0 Å². The van der Waals surface area contributed by atoms with Gasteiger partial charge >= 0.3 is 0 Å². The summed E-state index contributed by atoms with van der Waals surface area (Å²) in [5.41, 5.74) is 0. The second-order valence-electron chi connectivity index (χ2n) is 4.94. The molecule has 0 heterocycles. The Morgan fingerprint density at radius 2 is 1.64 bits per heavy atom. The highest BCUT2D eigenvalue weighted by atomic mass is 15.1. The molecule has 0 aromatic rings. The number of rotatable bonds is 5. The van der Waals surface area contributed by atoms with Crippen LogP contribution < -0.4 is 0 Å². The first-order valence-electron chi connectivity index (χ1n) is 6.48. The third-order valence-corrected chi connectivity index (χ3v) is 3.71. The second-order valence-corrected chi connectivity index (χ2v) is 4.94. The molecule has 0 spiro atoms. The molecule has 1 heteroatoms. The van der Waals surface area contributed by atoms with Gasteiger partial charge in [-0.25, -0.2) is 0 Å². The van der Waals surface area contributed by atoms with E-state index in [9.17, 15) is 0 Å². The maximum absolute atomic E-state index is 2.57. The van der Waals surface area contributed by atoms with E-state index in [2.05, 4.69) is 25.8 Å². The van der Waals surface area contributed by atoms with Gasteiger partial charge in [0.05, 0.1) is 0 Å². The van der Waals surface area contributed by atoms with Gasteiger partial charge in [-0.3, -0.25) is 0 Å². The van der Waals surface area contributed by atoms with Gasteiger partial charge in [-0.15, -0.1) is 0 Å². The van der Waals surface area contributed by atoms with E-state index < -0.39 is 0 Å². The Morgan fingerprint density at radius 1 is 1.00 bits per heavy atom. The molecule has 0 amide bonds. The van der Waals surface area contributed by atoms with Crippen molar-refractivity contribution in [3.05, 3.63) is 0 Å². The molecule has 14 heavy (non-hydrogen) atoms. The minimum Gasteiger partial charge on any atom is -0.303 e.